The fourth-order valence-corrected chi connectivity index (χ4v) is 5.17. The molecule has 4 rings (SSSR count). The van der Waals surface area contributed by atoms with Crippen molar-refractivity contribution in [2.45, 2.75) is 110 Å². The summed E-state index contributed by atoms with van der Waals surface area (Å²) < 4.78 is 90.6. The van der Waals surface area contributed by atoms with Crippen LogP contribution in [-0.2, 0) is 36.2 Å². The van der Waals surface area contributed by atoms with E-state index in [-0.39, 0.29) is 43.1 Å². The number of aliphatic hydroxyl groups excluding tert-OH is 1. The Morgan fingerprint density at radius 3 is 1.33 bits per heavy atom. The Morgan fingerprint density at radius 1 is 0.673 bits per heavy atom. The van der Waals surface area contributed by atoms with Gasteiger partial charge >= 0.3 is 24.3 Å². The van der Waals surface area contributed by atoms with Crippen LogP contribution in [0.15, 0.2) is 48.5 Å². The number of esters is 2. The third-order valence-electron chi connectivity index (χ3n) is 7.41. The van der Waals surface area contributed by atoms with Crippen LogP contribution in [0.2, 0.25) is 0 Å². The predicted molar refractivity (Wildman–Crippen MR) is 194 cm³/mol. The molecule has 0 saturated carbocycles. The van der Waals surface area contributed by atoms with Gasteiger partial charge in [0.05, 0.1) is 23.3 Å². The van der Waals surface area contributed by atoms with Crippen molar-refractivity contribution < 1.29 is 55.2 Å². The number of alkyl halides is 7. The molecule has 8 nitrogen and oxygen atoms in total. The third-order valence-corrected chi connectivity index (χ3v) is 7.87. The average Bonchev–Trinajstić information content (AvgIpc) is 3.03. The van der Waals surface area contributed by atoms with Gasteiger partial charge in [-0.3, -0.25) is 4.79 Å². The molecular weight excluding hydrogens is 762 g/mol. The van der Waals surface area contributed by atoms with Gasteiger partial charge in [-0.1, -0.05) is 23.4 Å². The molecule has 0 aliphatic carbocycles. The second-order valence-corrected chi connectivity index (χ2v) is 14.7. The molecule has 0 bridgehead atoms. The van der Waals surface area contributed by atoms with Gasteiger partial charge in [-0.05, 0) is 116 Å². The molecule has 2 aliphatic heterocycles. The molecule has 0 atom stereocenters. The molecular formula is C37H53BrF6N2O6. The first kappa shape index (κ1) is 47.0. The van der Waals surface area contributed by atoms with E-state index in [1.54, 1.807) is 20.8 Å². The summed E-state index contributed by atoms with van der Waals surface area (Å²) in [6, 6.07) is 10.3. The molecule has 1 N–H and O–H groups in total. The molecule has 0 amide bonds. The molecule has 2 aliphatic rings. The van der Waals surface area contributed by atoms with Crippen molar-refractivity contribution in [2.75, 3.05) is 47.9 Å². The number of aliphatic hydroxyl groups is 1. The van der Waals surface area contributed by atoms with Crippen molar-refractivity contribution >= 4 is 39.2 Å². The summed E-state index contributed by atoms with van der Waals surface area (Å²) in [6.07, 6.45) is -6.16. The molecule has 52 heavy (non-hydrogen) atoms. The minimum absolute atomic E-state index is 0. The SMILES string of the molecule is C.CC(C)(C)OC(=O)CBr.CC(C)(C)OC(=O)COC1CCN(c2ccc(C(F)(F)F)cc2)CC1.OC1CCN(c2ccc(C(F)(F)F)cc2)CC1. The molecule has 0 radical (unpaired) electrons. The molecule has 2 saturated heterocycles. The fourth-order valence-electron chi connectivity index (χ4n) is 5.05. The number of ether oxygens (including phenoxy) is 3. The van der Waals surface area contributed by atoms with Crippen LogP contribution in [0.3, 0.4) is 0 Å². The number of nitrogens with zero attached hydrogens (tertiary/aromatic N) is 2. The number of rotatable bonds is 6. The van der Waals surface area contributed by atoms with Gasteiger partial charge in [0.2, 0.25) is 0 Å². The summed E-state index contributed by atoms with van der Waals surface area (Å²) >= 11 is 2.99. The first-order chi connectivity index (χ1) is 23.5. The molecule has 0 unspecified atom stereocenters. The maximum atomic E-state index is 12.6. The molecule has 0 aromatic heterocycles. The second-order valence-electron chi connectivity index (χ2n) is 14.1. The number of hydrogen-bond donors (Lipinski definition) is 1. The normalized spacial score (nSPS) is 16.0. The Hall–Kier alpha value is -3.04. The van der Waals surface area contributed by atoms with Crippen LogP contribution < -0.4 is 9.80 Å². The zero-order valence-corrected chi connectivity index (χ0v) is 31.5. The first-order valence-electron chi connectivity index (χ1n) is 16.6. The Bertz CT molecular complexity index is 1340. The quantitative estimate of drug-likeness (QED) is 0.176. The van der Waals surface area contributed by atoms with E-state index in [1.807, 2.05) is 30.6 Å². The zero-order chi connectivity index (χ0) is 38.6. The largest absolute Gasteiger partial charge is 0.459 e. The predicted octanol–water partition coefficient (Wildman–Crippen LogP) is 9.06. The van der Waals surface area contributed by atoms with Crippen LogP contribution in [0.1, 0.15) is 85.8 Å². The molecule has 296 valence electrons. The highest BCUT2D eigenvalue weighted by molar-refractivity contribution is 9.09. The summed E-state index contributed by atoms with van der Waals surface area (Å²) in [5, 5.41) is 9.62. The minimum Gasteiger partial charge on any atom is -0.459 e. The van der Waals surface area contributed by atoms with Crippen molar-refractivity contribution in [1.82, 2.24) is 0 Å². The lowest BCUT2D eigenvalue weighted by Crippen LogP contribution is -2.38. The van der Waals surface area contributed by atoms with Gasteiger partial charge in [-0.15, -0.1) is 0 Å². The van der Waals surface area contributed by atoms with Gasteiger partial charge < -0.3 is 29.1 Å². The van der Waals surface area contributed by atoms with Crippen LogP contribution >= 0.6 is 15.9 Å². The zero-order valence-electron chi connectivity index (χ0n) is 29.9. The highest BCUT2D eigenvalue weighted by Gasteiger charge is 2.31. The third kappa shape index (κ3) is 18.1. The number of piperidine rings is 2. The van der Waals surface area contributed by atoms with Crippen LogP contribution in [0, 0.1) is 0 Å². The van der Waals surface area contributed by atoms with E-state index >= 15 is 0 Å². The number of carbonyl (C=O) groups is 2. The Morgan fingerprint density at radius 2 is 1.02 bits per heavy atom. The number of anilines is 2. The Balaban J connectivity index is 0.000000432. The Kier molecular flexibility index (Phi) is 18.5. The molecule has 2 heterocycles. The van der Waals surface area contributed by atoms with Crippen LogP contribution in [-0.4, -0.2) is 78.6 Å². The van der Waals surface area contributed by atoms with Crippen LogP contribution in [0.4, 0.5) is 37.7 Å². The van der Waals surface area contributed by atoms with E-state index in [1.165, 1.54) is 24.3 Å². The van der Waals surface area contributed by atoms with E-state index in [9.17, 15) is 41.0 Å². The monoisotopic (exact) mass is 814 g/mol. The summed E-state index contributed by atoms with van der Waals surface area (Å²) in [4.78, 5) is 26.2. The summed E-state index contributed by atoms with van der Waals surface area (Å²) in [6.45, 7) is 13.6. The number of benzene rings is 2. The Labute approximate surface area is 311 Å². The minimum atomic E-state index is -4.32. The molecule has 2 aromatic rings. The van der Waals surface area contributed by atoms with Crippen molar-refractivity contribution in [1.29, 1.82) is 0 Å². The number of halogens is 7. The van der Waals surface area contributed by atoms with E-state index in [2.05, 4.69) is 15.9 Å². The van der Waals surface area contributed by atoms with Crippen LogP contribution in [0.25, 0.3) is 0 Å². The lowest BCUT2D eigenvalue weighted by molar-refractivity contribution is -0.162. The summed E-state index contributed by atoms with van der Waals surface area (Å²) in [5.41, 5.74) is -0.620. The topological polar surface area (TPSA) is 88.5 Å². The second kappa shape index (κ2) is 20.4. The molecule has 15 heteroatoms. The van der Waals surface area contributed by atoms with Gasteiger partial charge in [0.15, 0.2) is 0 Å². The summed E-state index contributed by atoms with van der Waals surface area (Å²) in [5.74, 6) is -0.611. The van der Waals surface area contributed by atoms with E-state index in [4.69, 9.17) is 14.2 Å². The molecule has 2 aromatic carbocycles. The van der Waals surface area contributed by atoms with E-state index in [0.29, 0.717) is 51.9 Å². The van der Waals surface area contributed by atoms with Gasteiger partial charge in [0.25, 0.3) is 0 Å². The van der Waals surface area contributed by atoms with Gasteiger partial charge in [-0.25, -0.2) is 4.79 Å². The van der Waals surface area contributed by atoms with Crippen molar-refractivity contribution in [2.24, 2.45) is 0 Å². The van der Waals surface area contributed by atoms with Crippen molar-refractivity contribution in [3.05, 3.63) is 59.7 Å². The highest BCUT2D eigenvalue weighted by Crippen LogP contribution is 2.32. The molecule has 2 fully saturated rings. The van der Waals surface area contributed by atoms with E-state index in [0.717, 1.165) is 35.6 Å². The molecule has 0 spiro atoms. The van der Waals surface area contributed by atoms with E-state index < -0.39 is 35.0 Å². The van der Waals surface area contributed by atoms with Gasteiger partial charge in [-0.2, -0.15) is 26.3 Å². The standard InChI is InChI=1S/C18H24F3NO3.C12H14F3NO.C6H11BrO2.CH4/c1-17(2,3)25-16(23)12-24-15-8-10-22(11-9-15)14-6-4-13(5-7-14)18(19,20)21;13-12(14,15)9-1-3-10(4-2-9)16-7-5-11(17)6-8-16;1-6(2,3)9-5(8)4-7;/h4-7,15H,8-12H2,1-3H3;1-4,11,17H,5-8H2;4H2,1-3H3;1H4. The maximum absolute atomic E-state index is 12.6. The lowest BCUT2D eigenvalue weighted by Gasteiger charge is -2.33. The van der Waals surface area contributed by atoms with Crippen LogP contribution in [0.5, 0.6) is 0 Å². The van der Waals surface area contributed by atoms with Crippen molar-refractivity contribution in [3.8, 4) is 0 Å². The summed E-state index contributed by atoms with van der Waals surface area (Å²) in [7, 11) is 0. The number of carbonyl (C=O) groups excluding carboxylic acids is 2. The highest BCUT2D eigenvalue weighted by atomic mass is 79.9. The maximum Gasteiger partial charge on any atom is 0.416 e. The smallest absolute Gasteiger partial charge is 0.416 e. The first-order valence-corrected chi connectivity index (χ1v) is 17.7. The lowest BCUT2D eigenvalue weighted by atomic mass is 10.1. The van der Waals surface area contributed by atoms with Gasteiger partial charge in [0.1, 0.15) is 23.1 Å². The van der Waals surface area contributed by atoms with Crippen molar-refractivity contribution in [3.63, 3.8) is 0 Å². The van der Waals surface area contributed by atoms with Gasteiger partial charge in [0, 0.05) is 37.6 Å². The average molecular weight is 816 g/mol. The fraction of sp³-hybridized carbons (Fsp3) is 0.622. The number of hydrogen-bond acceptors (Lipinski definition) is 8.